The van der Waals surface area contributed by atoms with Crippen molar-refractivity contribution in [2.24, 2.45) is 5.92 Å². The Hall–Kier alpha value is -2.34. The molecule has 31 heavy (non-hydrogen) atoms. The zero-order chi connectivity index (χ0) is 22.6. The van der Waals surface area contributed by atoms with E-state index in [0.717, 1.165) is 11.3 Å². The minimum absolute atomic E-state index is 0.0589. The lowest BCUT2D eigenvalue weighted by Gasteiger charge is -2.31. The molecule has 6 heteroatoms. The Labute approximate surface area is 189 Å². The van der Waals surface area contributed by atoms with Crippen LogP contribution in [-0.2, 0) is 21.9 Å². The third-order valence-electron chi connectivity index (χ3n) is 4.91. The maximum atomic E-state index is 13.3. The fourth-order valence-corrected chi connectivity index (χ4v) is 4.09. The van der Waals surface area contributed by atoms with E-state index in [9.17, 15) is 14.0 Å². The number of thioether (sulfide) groups is 1. The summed E-state index contributed by atoms with van der Waals surface area (Å²) in [6.07, 6.45) is 0.876. The number of nitrogens with zero attached hydrogens (tertiary/aromatic N) is 1. The first-order valence-electron chi connectivity index (χ1n) is 10.8. The van der Waals surface area contributed by atoms with Crippen LogP contribution in [0.25, 0.3) is 0 Å². The van der Waals surface area contributed by atoms with Crippen LogP contribution in [-0.4, -0.2) is 35.1 Å². The van der Waals surface area contributed by atoms with E-state index in [0.29, 0.717) is 31.1 Å². The van der Waals surface area contributed by atoms with Crippen molar-refractivity contribution in [3.63, 3.8) is 0 Å². The normalized spacial score (nSPS) is 11.9. The first-order chi connectivity index (χ1) is 14.9. The molecule has 2 rings (SSSR count). The average Bonchev–Trinajstić information content (AvgIpc) is 2.77. The number of halogens is 1. The van der Waals surface area contributed by atoms with Gasteiger partial charge in [0, 0.05) is 31.0 Å². The van der Waals surface area contributed by atoms with Gasteiger partial charge in [-0.2, -0.15) is 11.8 Å². The van der Waals surface area contributed by atoms with Crippen LogP contribution >= 0.6 is 11.8 Å². The molecule has 0 bridgehead atoms. The van der Waals surface area contributed by atoms with Gasteiger partial charge in [-0.25, -0.2) is 4.39 Å². The summed E-state index contributed by atoms with van der Waals surface area (Å²) in [4.78, 5) is 27.6. The van der Waals surface area contributed by atoms with Crippen LogP contribution in [0.5, 0.6) is 0 Å². The maximum Gasteiger partial charge on any atom is 0.242 e. The zero-order valence-corrected chi connectivity index (χ0v) is 19.5. The predicted molar refractivity (Wildman–Crippen MR) is 126 cm³/mol. The Morgan fingerprint density at radius 3 is 2.32 bits per heavy atom. The van der Waals surface area contributed by atoms with Gasteiger partial charge in [-0.05, 0) is 35.6 Å². The molecule has 1 N–H and O–H groups in total. The highest BCUT2D eigenvalue weighted by molar-refractivity contribution is 7.98. The van der Waals surface area contributed by atoms with Crippen molar-refractivity contribution in [1.82, 2.24) is 10.2 Å². The van der Waals surface area contributed by atoms with Gasteiger partial charge in [-0.3, -0.25) is 9.59 Å². The fraction of sp³-hybridized carbons (Fsp3) is 0.440. The quantitative estimate of drug-likeness (QED) is 0.467. The van der Waals surface area contributed by atoms with Crippen LogP contribution in [0.3, 0.4) is 0 Å². The molecule has 0 aromatic heterocycles. The SMILES string of the molecule is CC[C@@H](C(=O)NCC(C)C)N(Cc1ccc(F)cc1)C(=O)CCSCc1ccccc1. The fourth-order valence-electron chi connectivity index (χ4n) is 3.20. The van der Waals surface area contributed by atoms with Crippen molar-refractivity contribution in [1.29, 1.82) is 0 Å². The van der Waals surface area contributed by atoms with Crippen LogP contribution in [0.15, 0.2) is 54.6 Å². The summed E-state index contributed by atoms with van der Waals surface area (Å²) in [6, 6.07) is 15.7. The van der Waals surface area contributed by atoms with Crippen molar-refractivity contribution in [3.8, 4) is 0 Å². The number of amides is 2. The molecule has 1 atom stereocenters. The molecule has 0 saturated heterocycles. The highest BCUT2D eigenvalue weighted by Gasteiger charge is 2.28. The van der Waals surface area contributed by atoms with E-state index in [4.69, 9.17) is 0 Å². The summed E-state index contributed by atoms with van der Waals surface area (Å²) >= 11 is 1.70. The Morgan fingerprint density at radius 1 is 1.03 bits per heavy atom. The third kappa shape index (κ3) is 8.74. The Kier molecular flexibility index (Phi) is 10.6. The maximum absolute atomic E-state index is 13.3. The van der Waals surface area contributed by atoms with E-state index in [1.54, 1.807) is 28.8 Å². The van der Waals surface area contributed by atoms with Crippen molar-refractivity contribution in [3.05, 3.63) is 71.5 Å². The van der Waals surface area contributed by atoms with Gasteiger partial charge in [0.2, 0.25) is 11.8 Å². The second-order valence-electron chi connectivity index (χ2n) is 8.00. The monoisotopic (exact) mass is 444 g/mol. The van der Waals surface area contributed by atoms with Crippen LogP contribution < -0.4 is 5.32 Å². The standard InChI is InChI=1S/C25H33FN2O2S/c1-4-23(25(30)27-16-19(2)3)28(17-20-10-12-22(26)13-11-20)24(29)14-15-31-18-21-8-6-5-7-9-21/h5-13,19,23H,4,14-18H2,1-3H3,(H,27,30)/t23-/m0/s1. The number of carbonyl (C=O) groups excluding carboxylic acids is 2. The number of benzene rings is 2. The van der Waals surface area contributed by atoms with Gasteiger partial charge in [0.15, 0.2) is 0 Å². The van der Waals surface area contributed by atoms with E-state index in [1.165, 1.54) is 17.7 Å². The number of hydrogen-bond acceptors (Lipinski definition) is 3. The van der Waals surface area contributed by atoms with Gasteiger partial charge >= 0.3 is 0 Å². The van der Waals surface area contributed by atoms with Crippen LogP contribution in [0.2, 0.25) is 0 Å². The van der Waals surface area contributed by atoms with E-state index in [-0.39, 0.29) is 24.2 Å². The second-order valence-corrected chi connectivity index (χ2v) is 9.10. The molecular formula is C25H33FN2O2S. The molecule has 0 fully saturated rings. The van der Waals surface area contributed by atoms with Gasteiger partial charge < -0.3 is 10.2 Å². The topological polar surface area (TPSA) is 49.4 Å². The van der Waals surface area contributed by atoms with E-state index >= 15 is 0 Å². The van der Waals surface area contributed by atoms with Gasteiger partial charge in [0.25, 0.3) is 0 Å². The van der Waals surface area contributed by atoms with Crippen molar-refractivity contribution < 1.29 is 14.0 Å². The molecule has 2 amide bonds. The Balaban J connectivity index is 2.04. The van der Waals surface area contributed by atoms with Gasteiger partial charge in [-0.15, -0.1) is 0 Å². The predicted octanol–water partition coefficient (Wildman–Crippen LogP) is 5.03. The second kappa shape index (κ2) is 13.2. The molecule has 0 radical (unpaired) electrons. The summed E-state index contributed by atoms with van der Waals surface area (Å²) < 4.78 is 13.3. The number of hydrogen-bond donors (Lipinski definition) is 1. The summed E-state index contributed by atoms with van der Waals surface area (Å²) in [7, 11) is 0. The lowest BCUT2D eigenvalue weighted by Crippen LogP contribution is -2.49. The van der Waals surface area contributed by atoms with E-state index < -0.39 is 6.04 Å². The summed E-state index contributed by atoms with van der Waals surface area (Å²) in [5, 5.41) is 2.95. The van der Waals surface area contributed by atoms with Crippen LogP contribution in [0, 0.1) is 11.7 Å². The lowest BCUT2D eigenvalue weighted by atomic mass is 10.1. The number of nitrogens with one attached hydrogen (secondary N) is 1. The summed E-state index contributed by atoms with van der Waals surface area (Å²) in [5.74, 6) is 1.34. The molecule has 2 aromatic rings. The van der Waals surface area contributed by atoms with Crippen molar-refractivity contribution in [2.45, 2.75) is 52.0 Å². The first-order valence-corrected chi connectivity index (χ1v) is 12.0. The van der Waals surface area contributed by atoms with Crippen molar-refractivity contribution >= 4 is 23.6 Å². The largest absolute Gasteiger partial charge is 0.354 e. The first kappa shape index (κ1) is 24.9. The van der Waals surface area contributed by atoms with Gasteiger partial charge in [0.1, 0.15) is 11.9 Å². The molecule has 0 aliphatic carbocycles. The van der Waals surface area contributed by atoms with E-state index in [1.807, 2.05) is 39.0 Å². The molecule has 0 saturated carbocycles. The minimum Gasteiger partial charge on any atom is -0.354 e. The number of carbonyl (C=O) groups is 2. The minimum atomic E-state index is -0.546. The highest BCUT2D eigenvalue weighted by atomic mass is 32.2. The third-order valence-corrected chi connectivity index (χ3v) is 5.94. The summed E-state index contributed by atoms with van der Waals surface area (Å²) in [5.41, 5.74) is 2.03. The Bertz CT molecular complexity index is 812. The van der Waals surface area contributed by atoms with Gasteiger partial charge in [0.05, 0.1) is 0 Å². The number of rotatable bonds is 12. The van der Waals surface area contributed by atoms with Crippen LogP contribution in [0.1, 0.15) is 44.7 Å². The molecule has 0 aliphatic heterocycles. The molecule has 0 spiro atoms. The summed E-state index contributed by atoms with van der Waals surface area (Å²) in [6.45, 7) is 6.84. The smallest absolute Gasteiger partial charge is 0.242 e. The van der Waals surface area contributed by atoms with Crippen LogP contribution in [0.4, 0.5) is 4.39 Å². The molecule has 4 nitrogen and oxygen atoms in total. The van der Waals surface area contributed by atoms with E-state index in [2.05, 4.69) is 17.4 Å². The molecule has 0 aliphatic rings. The van der Waals surface area contributed by atoms with Gasteiger partial charge in [-0.1, -0.05) is 63.2 Å². The zero-order valence-electron chi connectivity index (χ0n) is 18.6. The Morgan fingerprint density at radius 2 is 1.71 bits per heavy atom. The van der Waals surface area contributed by atoms with Crippen molar-refractivity contribution in [2.75, 3.05) is 12.3 Å². The highest BCUT2D eigenvalue weighted by Crippen LogP contribution is 2.17. The molecule has 2 aromatic carbocycles. The molecule has 0 unspecified atom stereocenters. The lowest BCUT2D eigenvalue weighted by molar-refractivity contribution is -0.141. The molecule has 168 valence electrons. The molecular weight excluding hydrogens is 411 g/mol. The molecule has 0 heterocycles. The average molecular weight is 445 g/mol.